The van der Waals surface area contributed by atoms with Gasteiger partial charge in [0.15, 0.2) is 0 Å². The number of unbranched alkanes of at least 4 members (excludes halogenated alkanes) is 1. The Morgan fingerprint density at radius 1 is 1.33 bits per heavy atom. The lowest BCUT2D eigenvalue weighted by Gasteiger charge is -2.09. The van der Waals surface area contributed by atoms with Crippen LogP contribution >= 0.6 is 0 Å². The van der Waals surface area contributed by atoms with Crippen molar-refractivity contribution in [3.63, 3.8) is 0 Å². The summed E-state index contributed by atoms with van der Waals surface area (Å²) in [5.41, 5.74) is 0.540. The van der Waals surface area contributed by atoms with Crippen molar-refractivity contribution >= 4 is 5.78 Å². The van der Waals surface area contributed by atoms with E-state index in [1.807, 2.05) is 6.92 Å². The van der Waals surface area contributed by atoms with E-state index in [-0.39, 0.29) is 18.0 Å². The molecule has 0 aromatic heterocycles. The number of benzene rings is 1. The van der Waals surface area contributed by atoms with Gasteiger partial charge in [-0.15, -0.1) is 13.2 Å². The molecule has 18 heavy (non-hydrogen) atoms. The number of Topliss-reactive ketones (excluding diaryl/α,β-unsaturated/α-hetero) is 1. The van der Waals surface area contributed by atoms with Gasteiger partial charge in [-0.2, -0.15) is 0 Å². The van der Waals surface area contributed by atoms with Crippen molar-refractivity contribution in [1.29, 1.82) is 0 Å². The fourth-order valence-corrected chi connectivity index (χ4v) is 1.54. The van der Waals surface area contributed by atoms with Crippen LogP contribution in [0.15, 0.2) is 24.3 Å². The molecule has 2 nitrogen and oxygen atoms in total. The Balaban J connectivity index is 2.62. The Labute approximate surface area is 104 Å². The van der Waals surface area contributed by atoms with Gasteiger partial charge in [0, 0.05) is 12.8 Å². The lowest BCUT2D eigenvalue weighted by atomic mass is 10.0. The van der Waals surface area contributed by atoms with Crippen molar-refractivity contribution in [3.05, 3.63) is 29.8 Å². The van der Waals surface area contributed by atoms with Crippen LogP contribution in [0.5, 0.6) is 5.75 Å². The van der Waals surface area contributed by atoms with E-state index in [4.69, 9.17) is 0 Å². The maximum atomic E-state index is 12.0. The number of carbonyl (C=O) groups is 1. The first-order valence-corrected chi connectivity index (χ1v) is 5.77. The van der Waals surface area contributed by atoms with E-state index in [1.165, 1.54) is 18.2 Å². The highest BCUT2D eigenvalue weighted by molar-refractivity contribution is 5.80. The molecule has 0 bridgehead atoms. The topological polar surface area (TPSA) is 26.3 Å². The predicted molar refractivity (Wildman–Crippen MR) is 61.4 cm³/mol. The summed E-state index contributed by atoms with van der Waals surface area (Å²) < 4.78 is 39.8. The van der Waals surface area contributed by atoms with Crippen molar-refractivity contribution in [2.24, 2.45) is 0 Å². The summed E-state index contributed by atoms with van der Waals surface area (Å²) in [6.07, 6.45) is -2.37. The zero-order valence-electron chi connectivity index (χ0n) is 10.1. The van der Waals surface area contributed by atoms with E-state index >= 15 is 0 Å². The van der Waals surface area contributed by atoms with E-state index in [1.54, 1.807) is 6.07 Å². The molecular formula is C13H15F3O2. The summed E-state index contributed by atoms with van der Waals surface area (Å²) in [6, 6.07) is 5.53. The van der Waals surface area contributed by atoms with Gasteiger partial charge >= 0.3 is 6.36 Å². The highest BCUT2D eigenvalue weighted by Gasteiger charge is 2.31. The third kappa shape index (κ3) is 5.70. The van der Waals surface area contributed by atoms with Gasteiger partial charge in [0.25, 0.3) is 0 Å². The smallest absolute Gasteiger partial charge is 0.406 e. The maximum Gasteiger partial charge on any atom is 0.573 e. The number of hydrogen-bond donors (Lipinski definition) is 0. The van der Waals surface area contributed by atoms with E-state index < -0.39 is 6.36 Å². The Morgan fingerprint density at radius 2 is 2.06 bits per heavy atom. The second kappa shape index (κ2) is 6.42. The van der Waals surface area contributed by atoms with Gasteiger partial charge in [-0.05, 0) is 24.1 Å². The zero-order chi connectivity index (χ0) is 13.6. The summed E-state index contributed by atoms with van der Waals surface area (Å²) in [5, 5.41) is 0. The molecule has 0 saturated heterocycles. The summed E-state index contributed by atoms with van der Waals surface area (Å²) >= 11 is 0. The number of hydrogen-bond acceptors (Lipinski definition) is 2. The normalized spacial score (nSPS) is 11.3. The highest BCUT2D eigenvalue weighted by atomic mass is 19.4. The van der Waals surface area contributed by atoms with Crippen molar-refractivity contribution < 1.29 is 22.7 Å². The lowest BCUT2D eigenvalue weighted by molar-refractivity contribution is -0.274. The number of ether oxygens (including phenoxy) is 1. The third-order valence-corrected chi connectivity index (χ3v) is 2.34. The quantitative estimate of drug-likeness (QED) is 0.775. The molecule has 0 spiro atoms. The van der Waals surface area contributed by atoms with Crippen LogP contribution in [0.25, 0.3) is 0 Å². The molecule has 0 amide bonds. The van der Waals surface area contributed by atoms with Crippen LogP contribution in [-0.2, 0) is 11.2 Å². The Hall–Kier alpha value is -1.52. The summed E-state index contributed by atoms with van der Waals surface area (Å²) in [5.74, 6) is -0.260. The molecule has 0 aliphatic heterocycles. The largest absolute Gasteiger partial charge is 0.573 e. The predicted octanol–water partition coefficient (Wildman–Crippen LogP) is 3.89. The SMILES string of the molecule is CCCCC(=O)Cc1cccc(OC(F)(F)F)c1. The fraction of sp³-hybridized carbons (Fsp3) is 0.462. The Kier molecular flexibility index (Phi) is 5.19. The van der Waals surface area contributed by atoms with Crippen LogP contribution in [0.4, 0.5) is 13.2 Å². The summed E-state index contributed by atoms with van der Waals surface area (Å²) in [7, 11) is 0. The first kappa shape index (κ1) is 14.5. The Bertz CT molecular complexity index is 399. The van der Waals surface area contributed by atoms with E-state index in [0.717, 1.165) is 12.8 Å². The van der Waals surface area contributed by atoms with Crippen LogP contribution in [0.1, 0.15) is 31.7 Å². The van der Waals surface area contributed by atoms with Gasteiger partial charge in [0.2, 0.25) is 0 Å². The number of rotatable bonds is 6. The lowest BCUT2D eigenvalue weighted by Crippen LogP contribution is -2.17. The van der Waals surface area contributed by atoms with Gasteiger partial charge in [0.05, 0.1) is 0 Å². The van der Waals surface area contributed by atoms with E-state index in [9.17, 15) is 18.0 Å². The average molecular weight is 260 g/mol. The monoisotopic (exact) mass is 260 g/mol. The van der Waals surface area contributed by atoms with Crippen LogP contribution in [0.3, 0.4) is 0 Å². The van der Waals surface area contributed by atoms with Crippen LogP contribution in [0, 0.1) is 0 Å². The van der Waals surface area contributed by atoms with Crippen molar-refractivity contribution in [1.82, 2.24) is 0 Å². The number of halogens is 3. The minimum Gasteiger partial charge on any atom is -0.406 e. The van der Waals surface area contributed by atoms with Gasteiger partial charge in [-0.3, -0.25) is 4.79 Å². The number of alkyl halides is 3. The van der Waals surface area contributed by atoms with E-state index in [0.29, 0.717) is 12.0 Å². The highest BCUT2D eigenvalue weighted by Crippen LogP contribution is 2.23. The minimum atomic E-state index is -4.70. The zero-order valence-corrected chi connectivity index (χ0v) is 10.1. The minimum absolute atomic E-state index is 0.0287. The number of carbonyl (C=O) groups excluding carboxylic acids is 1. The van der Waals surface area contributed by atoms with Gasteiger partial charge in [-0.25, -0.2) is 0 Å². The van der Waals surface area contributed by atoms with Crippen molar-refractivity contribution in [2.45, 2.75) is 39.0 Å². The molecule has 0 atom stereocenters. The Morgan fingerprint density at radius 3 is 2.67 bits per heavy atom. The maximum absolute atomic E-state index is 12.0. The molecular weight excluding hydrogens is 245 g/mol. The molecule has 0 heterocycles. The first-order chi connectivity index (χ1) is 8.40. The van der Waals surface area contributed by atoms with E-state index in [2.05, 4.69) is 4.74 Å². The van der Waals surface area contributed by atoms with Crippen LogP contribution in [-0.4, -0.2) is 12.1 Å². The summed E-state index contributed by atoms with van der Waals surface area (Å²) in [4.78, 5) is 11.5. The molecule has 0 unspecified atom stereocenters. The van der Waals surface area contributed by atoms with Gasteiger partial charge in [-0.1, -0.05) is 25.5 Å². The molecule has 1 rings (SSSR count). The van der Waals surface area contributed by atoms with Gasteiger partial charge < -0.3 is 4.74 Å². The molecule has 5 heteroatoms. The first-order valence-electron chi connectivity index (χ1n) is 5.77. The fourth-order valence-electron chi connectivity index (χ4n) is 1.54. The van der Waals surface area contributed by atoms with Crippen LogP contribution in [0.2, 0.25) is 0 Å². The average Bonchev–Trinajstić information content (AvgIpc) is 2.24. The summed E-state index contributed by atoms with van der Waals surface area (Å²) in [6.45, 7) is 1.98. The van der Waals surface area contributed by atoms with Crippen LogP contribution < -0.4 is 4.74 Å². The van der Waals surface area contributed by atoms with Crippen molar-refractivity contribution in [2.75, 3.05) is 0 Å². The molecule has 1 aromatic rings. The molecule has 0 fully saturated rings. The second-order valence-corrected chi connectivity index (χ2v) is 4.01. The molecule has 1 aromatic carbocycles. The molecule has 100 valence electrons. The second-order valence-electron chi connectivity index (χ2n) is 4.01. The third-order valence-electron chi connectivity index (χ3n) is 2.34. The molecule has 0 aliphatic rings. The molecule has 0 radical (unpaired) electrons. The molecule has 0 saturated carbocycles. The van der Waals surface area contributed by atoms with Crippen molar-refractivity contribution in [3.8, 4) is 5.75 Å². The molecule has 0 N–H and O–H groups in total. The standard InChI is InChI=1S/C13H15F3O2/c1-2-3-6-11(17)8-10-5-4-7-12(9-10)18-13(14,15)16/h4-5,7,9H,2-3,6,8H2,1H3. The van der Waals surface area contributed by atoms with Gasteiger partial charge in [0.1, 0.15) is 11.5 Å². The molecule has 0 aliphatic carbocycles. The number of ketones is 1.